The van der Waals surface area contributed by atoms with Crippen LogP contribution in [0.25, 0.3) is 0 Å². The zero-order chi connectivity index (χ0) is 14.3. The van der Waals surface area contributed by atoms with Crippen LogP contribution in [-0.2, 0) is 16.0 Å². The molecule has 1 N–H and O–H groups in total. The van der Waals surface area contributed by atoms with E-state index in [-0.39, 0.29) is 5.92 Å². The average Bonchev–Trinajstić information content (AvgIpc) is 2.76. The number of halogens is 1. The zero-order valence-electron chi connectivity index (χ0n) is 12.1. The summed E-state index contributed by atoms with van der Waals surface area (Å²) >= 11 is 6.25. The van der Waals surface area contributed by atoms with Gasteiger partial charge in [-0.1, -0.05) is 18.5 Å². The summed E-state index contributed by atoms with van der Waals surface area (Å²) in [5, 5.41) is 8.44. The second-order valence-electron chi connectivity index (χ2n) is 4.62. The van der Waals surface area contributed by atoms with Crippen LogP contribution in [-0.4, -0.2) is 49.8 Å². The smallest absolute Gasteiger partial charge is 0.0821 e. The molecule has 0 fully saturated rings. The maximum Gasteiger partial charge on any atom is 0.0821 e. The molecule has 1 heterocycles. The van der Waals surface area contributed by atoms with Crippen LogP contribution < -0.4 is 5.32 Å². The second-order valence-corrected chi connectivity index (χ2v) is 5.03. The van der Waals surface area contributed by atoms with Crippen LogP contribution in [0.3, 0.4) is 0 Å². The van der Waals surface area contributed by atoms with Gasteiger partial charge in [0.2, 0.25) is 0 Å². The van der Waals surface area contributed by atoms with Crippen molar-refractivity contribution in [3.63, 3.8) is 0 Å². The molecule has 0 saturated carbocycles. The van der Waals surface area contributed by atoms with Crippen molar-refractivity contribution < 1.29 is 9.47 Å². The van der Waals surface area contributed by atoms with Gasteiger partial charge in [0.15, 0.2) is 0 Å². The quantitative estimate of drug-likeness (QED) is 0.706. The molecule has 0 radical (unpaired) electrons. The number of rotatable bonds is 9. The van der Waals surface area contributed by atoms with Gasteiger partial charge in [0.25, 0.3) is 0 Å². The fourth-order valence-corrected chi connectivity index (χ4v) is 2.30. The van der Waals surface area contributed by atoms with Gasteiger partial charge in [0.1, 0.15) is 0 Å². The van der Waals surface area contributed by atoms with Crippen molar-refractivity contribution in [3.05, 3.63) is 16.9 Å². The summed E-state index contributed by atoms with van der Waals surface area (Å²) in [7, 11) is 3.38. The molecule has 0 aromatic carbocycles. The summed E-state index contributed by atoms with van der Waals surface area (Å²) in [6.07, 6.45) is 1.70. The molecule has 0 aliphatic rings. The Morgan fingerprint density at radius 3 is 2.63 bits per heavy atom. The lowest BCUT2D eigenvalue weighted by Gasteiger charge is -2.22. The number of methoxy groups -OCH3 is 2. The largest absolute Gasteiger partial charge is 0.383 e. The van der Waals surface area contributed by atoms with Crippen LogP contribution in [0.5, 0.6) is 0 Å². The first-order chi connectivity index (χ1) is 9.11. The van der Waals surface area contributed by atoms with Crippen LogP contribution in [0.4, 0.5) is 0 Å². The van der Waals surface area contributed by atoms with Crippen molar-refractivity contribution in [1.82, 2.24) is 15.1 Å². The highest BCUT2D eigenvalue weighted by Gasteiger charge is 2.21. The molecule has 19 heavy (non-hydrogen) atoms. The summed E-state index contributed by atoms with van der Waals surface area (Å²) in [4.78, 5) is 0. The summed E-state index contributed by atoms with van der Waals surface area (Å²) in [5.41, 5.74) is 1.05. The Labute approximate surface area is 120 Å². The molecule has 1 aromatic rings. The van der Waals surface area contributed by atoms with Gasteiger partial charge >= 0.3 is 0 Å². The second kappa shape index (κ2) is 8.53. The standard InChI is InChI=1S/C13H24ClN3O2/c1-10(11(2)15-5-7-18-3)13-12(14)9-16-17(13)6-8-19-4/h9-11,15H,5-8H2,1-4H3. The normalized spacial score (nSPS) is 14.6. The first kappa shape index (κ1) is 16.4. The Hall–Kier alpha value is -0.620. The minimum Gasteiger partial charge on any atom is -0.383 e. The van der Waals surface area contributed by atoms with Crippen molar-refractivity contribution in [2.45, 2.75) is 32.4 Å². The molecular formula is C13H24ClN3O2. The topological polar surface area (TPSA) is 48.3 Å². The van der Waals surface area contributed by atoms with Gasteiger partial charge in [-0.05, 0) is 6.92 Å². The molecule has 0 aliphatic heterocycles. The van der Waals surface area contributed by atoms with Crippen molar-refractivity contribution in [2.75, 3.05) is 34.0 Å². The van der Waals surface area contributed by atoms with E-state index in [0.29, 0.717) is 30.8 Å². The molecule has 2 unspecified atom stereocenters. The maximum absolute atomic E-state index is 6.25. The molecule has 110 valence electrons. The number of nitrogens with one attached hydrogen (secondary N) is 1. The highest BCUT2D eigenvalue weighted by molar-refractivity contribution is 6.31. The summed E-state index contributed by atoms with van der Waals surface area (Å²) in [6, 6.07) is 0.297. The Morgan fingerprint density at radius 2 is 2.00 bits per heavy atom. The van der Waals surface area contributed by atoms with Gasteiger partial charge in [-0.25, -0.2) is 0 Å². The van der Waals surface area contributed by atoms with Gasteiger partial charge in [0, 0.05) is 32.7 Å². The molecule has 5 nitrogen and oxygen atoms in total. The van der Waals surface area contributed by atoms with Crippen LogP contribution in [0.15, 0.2) is 6.20 Å². The molecule has 0 aliphatic carbocycles. The summed E-state index contributed by atoms with van der Waals surface area (Å²) in [5.74, 6) is 0.267. The molecule has 1 aromatic heterocycles. The van der Waals surface area contributed by atoms with E-state index in [1.165, 1.54) is 0 Å². The van der Waals surface area contributed by atoms with Gasteiger partial charge < -0.3 is 14.8 Å². The third-order valence-electron chi connectivity index (χ3n) is 3.29. The Balaban J connectivity index is 2.68. The maximum atomic E-state index is 6.25. The van der Waals surface area contributed by atoms with Crippen LogP contribution in [0, 0.1) is 0 Å². The fourth-order valence-electron chi connectivity index (χ4n) is 1.98. The first-order valence-electron chi connectivity index (χ1n) is 6.54. The van der Waals surface area contributed by atoms with E-state index < -0.39 is 0 Å². The number of hydrogen-bond acceptors (Lipinski definition) is 4. The predicted molar refractivity (Wildman–Crippen MR) is 76.9 cm³/mol. The van der Waals surface area contributed by atoms with Crippen molar-refractivity contribution in [1.29, 1.82) is 0 Å². The van der Waals surface area contributed by atoms with Crippen molar-refractivity contribution >= 4 is 11.6 Å². The van der Waals surface area contributed by atoms with E-state index in [1.54, 1.807) is 20.4 Å². The SMILES string of the molecule is COCCNC(C)C(C)c1c(Cl)cnn1CCOC. The number of nitrogens with zero attached hydrogens (tertiary/aromatic N) is 2. The van der Waals surface area contributed by atoms with E-state index in [1.807, 2.05) is 4.68 Å². The third kappa shape index (κ3) is 4.76. The van der Waals surface area contributed by atoms with Crippen LogP contribution in [0.2, 0.25) is 5.02 Å². The summed E-state index contributed by atoms with van der Waals surface area (Å²) in [6.45, 7) is 7.16. The molecule has 6 heteroatoms. The fraction of sp³-hybridized carbons (Fsp3) is 0.769. The predicted octanol–water partition coefficient (Wildman–Crippen LogP) is 1.91. The summed E-state index contributed by atoms with van der Waals surface area (Å²) < 4.78 is 12.1. The van der Waals surface area contributed by atoms with E-state index in [9.17, 15) is 0 Å². The lowest BCUT2D eigenvalue weighted by molar-refractivity contribution is 0.181. The Kier molecular flexibility index (Phi) is 7.38. The molecule has 0 bridgehead atoms. The highest BCUT2D eigenvalue weighted by Crippen LogP contribution is 2.26. The minimum absolute atomic E-state index is 0.267. The van der Waals surface area contributed by atoms with Gasteiger partial charge in [0.05, 0.1) is 36.7 Å². The van der Waals surface area contributed by atoms with E-state index in [4.69, 9.17) is 21.1 Å². The number of hydrogen-bond donors (Lipinski definition) is 1. The van der Waals surface area contributed by atoms with Gasteiger partial charge in [-0.3, -0.25) is 4.68 Å². The average molecular weight is 290 g/mol. The van der Waals surface area contributed by atoms with Gasteiger partial charge in [-0.2, -0.15) is 5.10 Å². The molecular weight excluding hydrogens is 266 g/mol. The number of aromatic nitrogens is 2. The molecule has 1 rings (SSSR count). The van der Waals surface area contributed by atoms with E-state index >= 15 is 0 Å². The molecule has 2 atom stereocenters. The molecule has 0 saturated heterocycles. The van der Waals surface area contributed by atoms with Crippen LogP contribution >= 0.6 is 11.6 Å². The molecule has 0 spiro atoms. The minimum atomic E-state index is 0.267. The van der Waals surface area contributed by atoms with E-state index in [0.717, 1.165) is 12.2 Å². The van der Waals surface area contributed by atoms with Crippen molar-refractivity contribution in [2.24, 2.45) is 0 Å². The van der Waals surface area contributed by atoms with E-state index in [2.05, 4.69) is 24.3 Å². The lowest BCUT2D eigenvalue weighted by Crippen LogP contribution is -2.34. The Morgan fingerprint density at radius 1 is 1.32 bits per heavy atom. The Bertz CT molecular complexity index is 371. The van der Waals surface area contributed by atoms with Crippen LogP contribution in [0.1, 0.15) is 25.5 Å². The van der Waals surface area contributed by atoms with Gasteiger partial charge in [-0.15, -0.1) is 0 Å². The zero-order valence-corrected chi connectivity index (χ0v) is 12.9. The number of ether oxygens (including phenoxy) is 2. The lowest BCUT2D eigenvalue weighted by atomic mass is 9.99. The third-order valence-corrected chi connectivity index (χ3v) is 3.59. The van der Waals surface area contributed by atoms with Crippen molar-refractivity contribution in [3.8, 4) is 0 Å². The highest BCUT2D eigenvalue weighted by atomic mass is 35.5. The molecule has 0 amide bonds. The monoisotopic (exact) mass is 289 g/mol. The first-order valence-corrected chi connectivity index (χ1v) is 6.92.